The quantitative estimate of drug-likeness (QED) is 0.294. The number of nitrogens with zero attached hydrogens (tertiary/aromatic N) is 2. The lowest BCUT2D eigenvalue weighted by atomic mass is 10.2. The van der Waals surface area contributed by atoms with Crippen LogP contribution in [0.5, 0.6) is 5.75 Å². The molecule has 0 aliphatic rings. The van der Waals surface area contributed by atoms with Crippen LogP contribution in [0, 0.1) is 10.1 Å². The Labute approximate surface area is 189 Å². The van der Waals surface area contributed by atoms with Gasteiger partial charge in [0.1, 0.15) is 18.0 Å². The second kappa shape index (κ2) is 11.2. The van der Waals surface area contributed by atoms with Crippen molar-refractivity contribution in [2.45, 2.75) is 5.75 Å². The Morgan fingerprint density at radius 1 is 1.29 bits per heavy atom. The van der Waals surface area contributed by atoms with Crippen molar-refractivity contribution in [2.75, 3.05) is 36.5 Å². The Hall–Kier alpha value is -2.50. The molecule has 1 amide bonds. The number of thioether (sulfide) groups is 1. The lowest BCUT2D eigenvalue weighted by Crippen LogP contribution is -2.41. The number of nitro benzene ring substituents is 1. The van der Waals surface area contributed by atoms with Crippen LogP contribution >= 0.6 is 23.4 Å². The first-order chi connectivity index (χ1) is 14.6. The van der Waals surface area contributed by atoms with Crippen LogP contribution in [-0.2, 0) is 20.6 Å². The highest BCUT2D eigenvalue weighted by molar-refractivity contribution is 7.98. The van der Waals surface area contributed by atoms with E-state index in [1.807, 2.05) is 18.2 Å². The highest BCUT2D eigenvalue weighted by Gasteiger charge is 2.26. The minimum Gasteiger partial charge on any atom is -0.495 e. The van der Waals surface area contributed by atoms with E-state index in [0.29, 0.717) is 17.3 Å². The van der Waals surface area contributed by atoms with Gasteiger partial charge in [0.05, 0.1) is 18.3 Å². The van der Waals surface area contributed by atoms with Gasteiger partial charge >= 0.3 is 0 Å². The predicted molar refractivity (Wildman–Crippen MR) is 122 cm³/mol. The van der Waals surface area contributed by atoms with E-state index in [9.17, 15) is 23.3 Å². The molecule has 0 bridgehead atoms. The molecule has 0 atom stereocenters. The molecular formula is C19H22ClN3O6S2. The summed E-state index contributed by atoms with van der Waals surface area (Å²) in [4.78, 5) is 22.8. The fourth-order valence-electron chi connectivity index (χ4n) is 2.63. The summed E-state index contributed by atoms with van der Waals surface area (Å²) in [5, 5.41) is 14.4. The average molecular weight is 488 g/mol. The van der Waals surface area contributed by atoms with Crippen molar-refractivity contribution in [3.8, 4) is 5.75 Å². The maximum atomic E-state index is 12.4. The third-order valence-electron chi connectivity index (χ3n) is 4.06. The first-order valence-corrected chi connectivity index (χ1v) is 12.4. The van der Waals surface area contributed by atoms with E-state index in [4.69, 9.17) is 16.3 Å². The molecule has 0 aliphatic heterocycles. The molecule has 168 valence electrons. The molecule has 9 nitrogen and oxygen atoms in total. The van der Waals surface area contributed by atoms with Crippen LogP contribution in [0.1, 0.15) is 5.56 Å². The number of amides is 1. The van der Waals surface area contributed by atoms with Gasteiger partial charge in [0, 0.05) is 35.2 Å². The van der Waals surface area contributed by atoms with Crippen molar-refractivity contribution in [3.05, 3.63) is 63.2 Å². The predicted octanol–water partition coefficient (Wildman–Crippen LogP) is 3.07. The second-order valence-electron chi connectivity index (χ2n) is 6.42. The molecule has 2 aromatic carbocycles. The standard InChI is InChI=1S/C19H22ClN3O6S2/c1-29-18-7-6-16(23(25)26)11-17(18)22(31(2,27)28)12-19(24)21-8-9-30-13-14-4-3-5-15(20)10-14/h3-7,10-11H,8-9,12-13H2,1-2H3,(H,21,24). The van der Waals surface area contributed by atoms with Crippen molar-refractivity contribution in [1.29, 1.82) is 0 Å². The summed E-state index contributed by atoms with van der Waals surface area (Å²) < 4.78 is 30.5. The van der Waals surface area contributed by atoms with E-state index in [1.54, 1.807) is 17.8 Å². The van der Waals surface area contributed by atoms with Gasteiger partial charge in [-0.25, -0.2) is 8.42 Å². The normalized spacial score (nSPS) is 11.1. The molecule has 0 spiro atoms. The summed E-state index contributed by atoms with van der Waals surface area (Å²) in [5.74, 6) is 0.886. The molecule has 0 aromatic heterocycles. The molecule has 0 radical (unpaired) electrons. The SMILES string of the molecule is COc1ccc([N+](=O)[O-])cc1N(CC(=O)NCCSCc1cccc(Cl)c1)S(C)(=O)=O. The van der Waals surface area contributed by atoms with Crippen molar-refractivity contribution in [3.63, 3.8) is 0 Å². The number of methoxy groups -OCH3 is 1. The first-order valence-electron chi connectivity index (χ1n) is 9.01. The number of sulfonamides is 1. The van der Waals surface area contributed by atoms with E-state index in [-0.39, 0.29) is 17.1 Å². The highest BCUT2D eigenvalue weighted by atomic mass is 35.5. The van der Waals surface area contributed by atoms with E-state index < -0.39 is 27.4 Å². The molecule has 0 fully saturated rings. The Bertz CT molecular complexity index is 1050. The number of non-ortho nitro benzene ring substituents is 1. The van der Waals surface area contributed by atoms with Gasteiger partial charge in [-0.3, -0.25) is 19.2 Å². The summed E-state index contributed by atoms with van der Waals surface area (Å²) in [6.07, 6.45) is 0.916. The molecule has 0 unspecified atom stereocenters. The summed E-state index contributed by atoms with van der Waals surface area (Å²) in [7, 11) is -2.60. The topological polar surface area (TPSA) is 119 Å². The minimum absolute atomic E-state index is 0.0790. The van der Waals surface area contributed by atoms with Crippen LogP contribution in [0.15, 0.2) is 42.5 Å². The lowest BCUT2D eigenvalue weighted by molar-refractivity contribution is -0.384. The van der Waals surface area contributed by atoms with Crippen molar-refractivity contribution < 1.29 is 22.9 Å². The number of carbonyl (C=O) groups is 1. The smallest absolute Gasteiger partial charge is 0.271 e. The van der Waals surface area contributed by atoms with Gasteiger partial charge in [-0.05, 0) is 23.8 Å². The monoisotopic (exact) mass is 487 g/mol. The number of ether oxygens (including phenoxy) is 1. The van der Waals surface area contributed by atoms with Crippen molar-refractivity contribution >= 4 is 50.7 Å². The molecule has 0 heterocycles. The summed E-state index contributed by atoms with van der Waals surface area (Å²) in [6.45, 7) is -0.205. The Morgan fingerprint density at radius 3 is 2.65 bits per heavy atom. The van der Waals surface area contributed by atoms with Gasteiger partial charge in [0.25, 0.3) is 5.69 Å². The maximum absolute atomic E-state index is 12.4. The molecule has 0 saturated carbocycles. The average Bonchev–Trinajstić information content (AvgIpc) is 2.70. The molecule has 2 rings (SSSR count). The van der Waals surface area contributed by atoms with Gasteiger partial charge in [-0.15, -0.1) is 0 Å². The summed E-state index contributed by atoms with van der Waals surface area (Å²) in [5.41, 5.74) is 0.664. The molecule has 2 aromatic rings. The van der Waals surface area contributed by atoms with Crippen molar-refractivity contribution in [1.82, 2.24) is 5.32 Å². The van der Waals surface area contributed by atoms with E-state index in [0.717, 1.165) is 27.9 Å². The number of nitrogens with one attached hydrogen (secondary N) is 1. The maximum Gasteiger partial charge on any atom is 0.271 e. The third kappa shape index (κ3) is 7.60. The van der Waals surface area contributed by atoms with Crippen LogP contribution in [0.25, 0.3) is 0 Å². The van der Waals surface area contributed by atoms with Gasteiger partial charge in [-0.2, -0.15) is 11.8 Å². The van der Waals surface area contributed by atoms with Gasteiger partial charge in [0.15, 0.2) is 0 Å². The lowest BCUT2D eigenvalue weighted by Gasteiger charge is -2.23. The minimum atomic E-state index is -3.91. The second-order valence-corrected chi connectivity index (χ2v) is 9.86. The number of halogens is 1. The van der Waals surface area contributed by atoms with Crippen molar-refractivity contribution in [2.24, 2.45) is 0 Å². The molecule has 1 N–H and O–H groups in total. The van der Waals surface area contributed by atoms with Gasteiger partial charge in [-0.1, -0.05) is 23.7 Å². The van der Waals surface area contributed by atoms with E-state index in [1.165, 1.54) is 19.2 Å². The largest absolute Gasteiger partial charge is 0.495 e. The molecule has 0 saturated heterocycles. The van der Waals surface area contributed by atoms with Crippen LogP contribution in [0.3, 0.4) is 0 Å². The molecule has 12 heteroatoms. The van der Waals surface area contributed by atoms with Crippen LogP contribution < -0.4 is 14.4 Å². The zero-order chi connectivity index (χ0) is 23.0. The highest BCUT2D eigenvalue weighted by Crippen LogP contribution is 2.33. The Kier molecular flexibility index (Phi) is 8.96. The number of nitro groups is 1. The third-order valence-corrected chi connectivity index (χ3v) is 6.45. The van der Waals surface area contributed by atoms with E-state index in [2.05, 4.69) is 5.32 Å². The number of rotatable bonds is 11. The number of hydrogen-bond donors (Lipinski definition) is 1. The Morgan fingerprint density at radius 2 is 2.03 bits per heavy atom. The molecular weight excluding hydrogens is 466 g/mol. The van der Waals surface area contributed by atoms with Gasteiger partial charge < -0.3 is 10.1 Å². The zero-order valence-electron chi connectivity index (χ0n) is 16.9. The summed E-state index contributed by atoms with van der Waals surface area (Å²) >= 11 is 7.53. The molecule has 31 heavy (non-hydrogen) atoms. The van der Waals surface area contributed by atoms with Crippen LogP contribution in [0.4, 0.5) is 11.4 Å². The van der Waals surface area contributed by atoms with Crippen LogP contribution in [0.2, 0.25) is 5.02 Å². The molecule has 0 aliphatic carbocycles. The Balaban J connectivity index is 1.99. The number of benzene rings is 2. The number of carbonyl (C=O) groups excluding carboxylic acids is 1. The fourth-order valence-corrected chi connectivity index (χ4v) is 4.50. The number of hydrogen-bond acceptors (Lipinski definition) is 7. The number of anilines is 1. The first kappa shape index (κ1) is 24.8. The zero-order valence-corrected chi connectivity index (χ0v) is 19.3. The van der Waals surface area contributed by atoms with Crippen LogP contribution in [-0.4, -0.2) is 51.5 Å². The van der Waals surface area contributed by atoms with Gasteiger partial charge in [0.2, 0.25) is 15.9 Å². The summed E-state index contributed by atoms with van der Waals surface area (Å²) in [6, 6.07) is 11.0. The fraction of sp³-hybridized carbons (Fsp3) is 0.316. The van der Waals surface area contributed by atoms with E-state index >= 15 is 0 Å².